The highest BCUT2D eigenvalue weighted by Gasteiger charge is 2.30. The molecule has 52 valence electrons. The molecule has 0 aliphatic carbocycles. The molecule has 0 bridgehead atoms. The fraction of sp³-hybridized carbons (Fsp3) is 0.833. The highest BCUT2D eigenvalue weighted by molar-refractivity contribution is 5.83. The molecule has 0 aromatic heterocycles. The van der Waals surface area contributed by atoms with Crippen LogP contribution in [0.4, 0.5) is 0 Å². The van der Waals surface area contributed by atoms with Crippen LogP contribution in [0.3, 0.4) is 0 Å². The summed E-state index contributed by atoms with van der Waals surface area (Å²) in [7, 11) is 1.94. The van der Waals surface area contributed by atoms with E-state index in [9.17, 15) is 4.79 Å². The average molecular weight is 128 g/mol. The third kappa shape index (κ3) is 0.920. The molecule has 1 rings (SSSR count). The molecule has 1 heterocycles. The normalized spacial score (nSPS) is 37.0. The highest BCUT2D eigenvalue weighted by Crippen LogP contribution is 2.07. The summed E-state index contributed by atoms with van der Waals surface area (Å²) in [5.74, 6) is 0.130. The lowest BCUT2D eigenvalue weighted by atomic mass is 10.3. The molecule has 0 radical (unpaired) electrons. The Morgan fingerprint density at radius 2 is 2.11 bits per heavy atom. The Bertz CT molecular complexity index is 135. The molecular formula is C6H12N2O. The number of amides is 1. The van der Waals surface area contributed by atoms with Gasteiger partial charge in [-0.15, -0.1) is 0 Å². The first-order valence-corrected chi connectivity index (χ1v) is 3.15. The molecule has 1 aliphatic rings. The zero-order valence-electron chi connectivity index (χ0n) is 6.01. The number of carbonyl (C=O) groups is 1. The number of hydrogen-bond donors (Lipinski definition) is 1. The summed E-state index contributed by atoms with van der Waals surface area (Å²) >= 11 is 0. The number of nitrogens with one attached hydrogen (secondary N) is 1. The Labute approximate surface area is 55.0 Å². The maximum atomic E-state index is 10.8. The van der Waals surface area contributed by atoms with Crippen LogP contribution in [0.25, 0.3) is 0 Å². The van der Waals surface area contributed by atoms with Gasteiger partial charge in [-0.3, -0.25) is 9.69 Å². The van der Waals surface area contributed by atoms with Crippen molar-refractivity contribution in [2.24, 2.45) is 0 Å². The molecule has 0 aromatic rings. The summed E-state index contributed by atoms with van der Waals surface area (Å²) < 4.78 is 0. The average Bonchev–Trinajstić information content (AvgIpc) is 1.98. The van der Waals surface area contributed by atoms with Crippen molar-refractivity contribution in [3.05, 3.63) is 0 Å². The fourth-order valence-electron chi connectivity index (χ4n) is 0.949. The van der Waals surface area contributed by atoms with E-state index in [-0.39, 0.29) is 18.1 Å². The Hall–Kier alpha value is -0.570. The van der Waals surface area contributed by atoms with E-state index >= 15 is 0 Å². The molecule has 3 heteroatoms. The van der Waals surface area contributed by atoms with E-state index in [1.54, 1.807) is 0 Å². The lowest BCUT2D eigenvalue weighted by Crippen LogP contribution is -2.31. The van der Waals surface area contributed by atoms with Crippen LogP contribution >= 0.6 is 0 Å². The van der Waals surface area contributed by atoms with Gasteiger partial charge >= 0.3 is 0 Å². The Kier molecular flexibility index (Phi) is 1.45. The van der Waals surface area contributed by atoms with Crippen LogP contribution in [0.15, 0.2) is 0 Å². The second kappa shape index (κ2) is 1.99. The first-order chi connectivity index (χ1) is 4.13. The van der Waals surface area contributed by atoms with Gasteiger partial charge in [0.1, 0.15) is 0 Å². The Morgan fingerprint density at radius 1 is 1.56 bits per heavy atom. The molecular weight excluding hydrogens is 116 g/mol. The van der Waals surface area contributed by atoms with Gasteiger partial charge in [0.2, 0.25) is 5.91 Å². The zero-order valence-corrected chi connectivity index (χ0v) is 6.01. The molecule has 2 atom stereocenters. The van der Waals surface area contributed by atoms with Crippen LogP contribution < -0.4 is 5.32 Å². The van der Waals surface area contributed by atoms with Crippen LogP contribution in [0.5, 0.6) is 0 Å². The first kappa shape index (κ1) is 6.55. The van der Waals surface area contributed by atoms with Crippen molar-refractivity contribution in [3.63, 3.8) is 0 Å². The molecule has 9 heavy (non-hydrogen) atoms. The molecule has 0 saturated carbocycles. The van der Waals surface area contributed by atoms with Crippen molar-refractivity contribution in [2.45, 2.75) is 26.1 Å². The van der Waals surface area contributed by atoms with Gasteiger partial charge in [0, 0.05) is 0 Å². The lowest BCUT2D eigenvalue weighted by Gasteiger charge is -2.15. The smallest absolute Gasteiger partial charge is 0.238 e. The Morgan fingerprint density at radius 3 is 2.22 bits per heavy atom. The SMILES string of the molecule is CC1NC(=O)C(C)N1C. The summed E-state index contributed by atoms with van der Waals surface area (Å²) in [5.41, 5.74) is 0. The van der Waals surface area contributed by atoms with Gasteiger partial charge in [0.15, 0.2) is 0 Å². The number of nitrogens with zero attached hydrogens (tertiary/aromatic N) is 1. The first-order valence-electron chi connectivity index (χ1n) is 3.15. The van der Waals surface area contributed by atoms with Gasteiger partial charge in [-0.25, -0.2) is 0 Å². The monoisotopic (exact) mass is 128 g/mol. The molecule has 0 spiro atoms. The molecule has 1 saturated heterocycles. The molecule has 3 nitrogen and oxygen atoms in total. The van der Waals surface area contributed by atoms with Gasteiger partial charge in [-0.05, 0) is 20.9 Å². The van der Waals surface area contributed by atoms with Crippen LogP contribution in [0, 0.1) is 0 Å². The maximum Gasteiger partial charge on any atom is 0.238 e. The fourth-order valence-corrected chi connectivity index (χ4v) is 0.949. The Balaban J connectivity index is 2.65. The number of carbonyl (C=O) groups excluding carboxylic acids is 1. The van der Waals surface area contributed by atoms with E-state index in [0.717, 1.165) is 0 Å². The molecule has 1 aliphatic heterocycles. The minimum atomic E-state index is 0.0417. The van der Waals surface area contributed by atoms with Crippen molar-refractivity contribution in [3.8, 4) is 0 Å². The van der Waals surface area contributed by atoms with Crippen LogP contribution in [0.1, 0.15) is 13.8 Å². The summed E-state index contributed by atoms with van der Waals surface area (Å²) in [6.45, 7) is 3.88. The minimum absolute atomic E-state index is 0.0417. The van der Waals surface area contributed by atoms with Gasteiger partial charge in [0.25, 0.3) is 0 Å². The van der Waals surface area contributed by atoms with Crippen molar-refractivity contribution in [1.29, 1.82) is 0 Å². The van der Waals surface area contributed by atoms with Gasteiger partial charge in [-0.2, -0.15) is 0 Å². The number of rotatable bonds is 0. The summed E-state index contributed by atoms with van der Waals surface area (Å²) in [5, 5.41) is 2.80. The largest absolute Gasteiger partial charge is 0.339 e. The van der Waals surface area contributed by atoms with Gasteiger partial charge in [0.05, 0.1) is 12.2 Å². The number of hydrogen-bond acceptors (Lipinski definition) is 2. The standard InChI is InChI=1S/C6H12N2O/c1-4-6(9)7-5(2)8(4)3/h4-5H,1-3H3,(H,7,9). The third-order valence-corrected chi connectivity index (χ3v) is 1.95. The van der Waals surface area contributed by atoms with Gasteiger partial charge in [-0.1, -0.05) is 0 Å². The summed E-state index contributed by atoms with van der Waals surface area (Å²) in [6.07, 6.45) is 0.201. The predicted octanol–water partition coefficient (Wildman–Crippen LogP) is -0.218. The van der Waals surface area contributed by atoms with Crippen molar-refractivity contribution in [1.82, 2.24) is 10.2 Å². The van der Waals surface area contributed by atoms with E-state index in [1.807, 2.05) is 25.8 Å². The molecule has 1 fully saturated rings. The maximum absolute atomic E-state index is 10.8. The van der Waals surface area contributed by atoms with E-state index in [1.165, 1.54) is 0 Å². The zero-order chi connectivity index (χ0) is 7.02. The van der Waals surface area contributed by atoms with E-state index in [0.29, 0.717) is 0 Å². The van der Waals surface area contributed by atoms with Crippen molar-refractivity contribution in [2.75, 3.05) is 7.05 Å². The molecule has 0 aromatic carbocycles. The summed E-state index contributed by atoms with van der Waals surface area (Å²) in [6, 6.07) is 0.0417. The second-order valence-corrected chi connectivity index (χ2v) is 2.53. The van der Waals surface area contributed by atoms with Crippen LogP contribution in [0.2, 0.25) is 0 Å². The lowest BCUT2D eigenvalue weighted by molar-refractivity contribution is -0.120. The molecule has 1 N–H and O–H groups in total. The van der Waals surface area contributed by atoms with Gasteiger partial charge < -0.3 is 5.32 Å². The molecule has 1 amide bonds. The van der Waals surface area contributed by atoms with Crippen LogP contribution in [-0.2, 0) is 4.79 Å². The topological polar surface area (TPSA) is 32.3 Å². The highest BCUT2D eigenvalue weighted by atomic mass is 16.2. The quantitative estimate of drug-likeness (QED) is 0.489. The molecule has 2 unspecified atom stereocenters. The third-order valence-electron chi connectivity index (χ3n) is 1.95. The van der Waals surface area contributed by atoms with Crippen LogP contribution in [-0.4, -0.2) is 30.1 Å². The van der Waals surface area contributed by atoms with Crippen molar-refractivity contribution >= 4 is 5.91 Å². The predicted molar refractivity (Wildman–Crippen MR) is 34.8 cm³/mol. The summed E-state index contributed by atoms with van der Waals surface area (Å²) in [4.78, 5) is 12.8. The second-order valence-electron chi connectivity index (χ2n) is 2.53. The minimum Gasteiger partial charge on any atom is -0.339 e. The van der Waals surface area contributed by atoms with Crippen molar-refractivity contribution < 1.29 is 4.79 Å². The van der Waals surface area contributed by atoms with E-state index < -0.39 is 0 Å². The van der Waals surface area contributed by atoms with E-state index in [2.05, 4.69) is 5.32 Å². The number of likely N-dealkylation sites (N-methyl/N-ethyl adjacent to an activating group) is 1. The van der Waals surface area contributed by atoms with E-state index in [4.69, 9.17) is 0 Å².